The Morgan fingerprint density at radius 1 is 1.26 bits per heavy atom. The molecule has 0 heterocycles. The van der Waals surface area contributed by atoms with Gasteiger partial charge in [0.25, 0.3) is 0 Å². The van der Waals surface area contributed by atoms with Crippen molar-refractivity contribution in [2.24, 2.45) is 0 Å². The van der Waals surface area contributed by atoms with Gasteiger partial charge in [0.2, 0.25) is 0 Å². The van der Waals surface area contributed by atoms with E-state index in [2.05, 4.69) is 32.6 Å². The summed E-state index contributed by atoms with van der Waals surface area (Å²) in [7, 11) is 0. The van der Waals surface area contributed by atoms with Gasteiger partial charge >= 0.3 is 33.9 Å². The molecule has 1 rings (SSSR count). The number of allylic oxidation sites excluding steroid dienone is 5. The quantitative estimate of drug-likeness (QED) is 0.340. The van der Waals surface area contributed by atoms with Crippen molar-refractivity contribution in [2.45, 2.75) is 25.7 Å². The molecule has 4 nitrogen and oxygen atoms in total. The third kappa shape index (κ3) is 16.6. The van der Waals surface area contributed by atoms with Gasteiger partial charge in [0.1, 0.15) is 0 Å². The molecule has 0 N–H and O–H groups in total. The minimum absolute atomic E-state index is 0. The zero-order valence-corrected chi connectivity index (χ0v) is 11.4. The van der Waals surface area contributed by atoms with E-state index in [0.29, 0.717) is 6.42 Å². The molecule has 19 heavy (non-hydrogen) atoms. The van der Waals surface area contributed by atoms with E-state index in [-0.39, 0.29) is 22.9 Å². The Kier molecular flexibility index (Phi) is 35.2. The summed E-state index contributed by atoms with van der Waals surface area (Å²) in [6.45, 7) is 17.1. The van der Waals surface area contributed by atoms with Crippen molar-refractivity contribution in [2.75, 3.05) is 0 Å². The summed E-state index contributed by atoms with van der Waals surface area (Å²) in [5.41, 5.74) is 0.972. The van der Waals surface area contributed by atoms with E-state index < -0.39 is 0 Å². The molecule has 0 unspecified atom stereocenters. The van der Waals surface area contributed by atoms with Gasteiger partial charge in [-0.25, -0.2) is 0 Å². The maximum Gasteiger partial charge on any atom is 0 e. The van der Waals surface area contributed by atoms with Crippen LogP contribution in [0.25, 0.3) is 0 Å². The molecule has 0 aromatic heterocycles. The fraction of sp³-hybridized carbons (Fsp3) is 0.286. The number of rotatable bonds is 4. The SMILES string of the molecule is C=CCCC(=O)C1=CC=CCC1.[C-]#[O+].[C-]#[O+].[C-]#[O+].[Fe]. The van der Waals surface area contributed by atoms with Gasteiger partial charge in [-0.2, -0.15) is 0 Å². The molecule has 0 fully saturated rings. The van der Waals surface area contributed by atoms with Crippen LogP contribution in [0, 0.1) is 20.0 Å². The van der Waals surface area contributed by atoms with E-state index in [1.54, 1.807) is 6.08 Å². The standard InChI is InChI=1S/C11H14O.3CO.Fe/c1-2-3-9-11(12)10-7-5-4-6-8-10;3*1-2;/h2,4-5,7H,1,3,6,8-9H2;;;;. The van der Waals surface area contributed by atoms with Crippen molar-refractivity contribution < 1.29 is 35.8 Å². The average Bonchev–Trinajstić information content (AvgIpc) is 2.51. The van der Waals surface area contributed by atoms with Gasteiger partial charge in [-0.05, 0) is 24.8 Å². The maximum absolute atomic E-state index is 11.4. The third-order valence-electron chi connectivity index (χ3n) is 1.95. The molecule has 1 aliphatic carbocycles. The zero-order chi connectivity index (χ0) is 14.8. The average molecular weight is 302 g/mol. The summed E-state index contributed by atoms with van der Waals surface area (Å²) in [5.74, 6) is 0.277. The van der Waals surface area contributed by atoms with Gasteiger partial charge in [-0.15, -0.1) is 6.58 Å². The predicted molar refractivity (Wildman–Crippen MR) is 62.7 cm³/mol. The van der Waals surface area contributed by atoms with Gasteiger partial charge in [-0.1, -0.05) is 24.3 Å². The van der Waals surface area contributed by atoms with Gasteiger partial charge in [0.05, 0.1) is 0 Å². The molecular weight excluding hydrogens is 288 g/mol. The second-order valence-electron chi connectivity index (χ2n) is 2.91. The number of hydrogen-bond acceptors (Lipinski definition) is 1. The molecule has 0 atom stereocenters. The Labute approximate surface area is 124 Å². The number of Topliss-reactive ketones (excluding diaryl/α,β-unsaturated/α-hetero) is 1. The van der Waals surface area contributed by atoms with Crippen molar-refractivity contribution >= 4 is 5.78 Å². The second-order valence-corrected chi connectivity index (χ2v) is 2.91. The smallest absolute Gasteiger partial charge is 0 e. The van der Waals surface area contributed by atoms with Gasteiger partial charge in [0.15, 0.2) is 5.78 Å². The van der Waals surface area contributed by atoms with E-state index >= 15 is 0 Å². The van der Waals surface area contributed by atoms with E-state index in [4.69, 9.17) is 14.0 Å². The van der Waals surface area contributed by atoms with Crippen molar-refractivity contribution in [1.82, 2.24) is 0 Å². The van der Waals surface area contributed by atoms with Crippen LogP contribution in [0.3, 0.4) is 0 Å². The Hall–Kier alpha value is -1.37. The number of ketones is 1. The Morgan fingerprint density at radius 2 is 1.79 bits per heavy atom. The molecule has 0 radical (unpaired) electrons. The summed E-state index contributed by atoms with van der Waals surface area (Å²) in [6.07, 6.45) is 11.1. The second kappa shape index (κ2) is 25.5. The molecule has 0 bridgehead atoms. The van der Waals surface area contributed by atoms with E-state index in [1.165, 1.54) is 0 Å². The van der Waals surface area contributed by atoms with Crippen LogP contribution in [0.2, 0.25) is 0 Å². The summed E-state index contributed by atoms with van der Waals surface area (Å²) >= 11 is 0. The van der Waals surface area contributed by atoms with Gasteiger partial charge in [0, 0.05) is 23.5 Å². The van der Waals surface area contributed by atoms with Gasteiger partial charge < -0.3 is 0 Å². The monoisotopic (exact) mass is 302 g/mol. The number of hydrogen-bond donors (Lipinski definition) is 0. The van der Waals surface area contributed by atoms with Crippen LogP contribution in [-0.2, 0) is 35.8 Å². The van der Waals surface area contributed by atoms with Crippen LogP contribution < -0.4 is 0 Å². The van der Waals surface area contributed by atoms with Gasteiger partial charge in [-0.3, -0.25) is 4.79 Å². The van der Waals surface area contributed by atoms with Crippen LogP contribution in [-0.4, -0.2) is 5.78 Å². The van der Waals surface area contributed by atoms with E-state index in [0.717, 1.165) is 24.8 Å². The molecule has 5 heteroatoms. The van der Waals surface area contributed by atoms with Crippen LogP contribution >= 0.6 is 0 Å². The number of carbonyl (C=O) groups is 1. The Morgan fingerprint density at radius 3 is 2.16 bits per heavy atom. The number of carbonyl (C=O) groups excluding carboxylic acids is 1. The maximum atomic E-state index is 11.4. The Bertz CT molecular complexity index is 334. The first-order valence-corrected chi connectivity index (χ1v) is 4.95. The first kappa shape index (κ1) is 26.2. The molecule has 0 saturated carbocycles. The molecule has 0 saturated heterocycles. The summed E-state index contributed by atoms with van der Waals surface area (Å²) in [4.78, 5) is 11.4. The molecular formula is C14H14FeO4. The molecule has 0 amide bonds. The van der Waals surface area contributed by atoms with Crippen LogP contribution in [0.4, 0.5) is 0 Å². The summed E-state index contributed by atoms with van der Waals surface area (Å²) in [6, 6.07) is 0. The van der Waals surface area contributed by atoms with E-state index in [9.17, 15) is 4.79 Å². The predicted octanol–water partition coefficient (Wildman–Crippen LogP) is 2.68. The molecule has 0 aromatic rings. The molecule has 0 aromatic carbocycles. The summed E-state index contributed by atoms with van der Waals surface area (Å²) in [5, 5.41) is 0. The molecule has 102 valence electrons. The zero-order valence-electron chi connectivity index (χ0n) is 10.3. The third-order valence-corrected chi connectivity index (χ3v) is 1.95. The van der Waals surface area contributed by atoms with Crippen molar-refractivity contribution in [3.8, 4) is 0 Å². The Balaban J connectivity index is -0.000000142. The minimum Gasteiger partial charge on any atom is 0 e. The topological polar surface area (TPSA) is 76.8 Å². The fourth-order valence-electron chi connectivity index (χ4n) is 1.23. The summed E-state index contributed by atoms with van der Waals surface area (Å²) < 4.78 is 22.5. The van der Waals surface area contributed by atoms with Crippen LogP contribution in [0.5, 0.6) is 0 Å². The van der Waals surface area contributed by atoms with Crippen LogP contribution in [0.15, 0.2) is 36.5 Å². The minimum atomic E-state index is 0. The normalized spacial score (nSPS) is 10.1. The van der Waals surface area contributed by atoms with Crippen molar-refractivity contribution in [1.29, 1.82) is 0 Å². The first-order chi connectivity index (χ1) is 8.84. The van der Waals surface area contributed by atoms with Crippen molar-refractivity contribution in [3.63, 3.8) is 0 Å². The largest absolute Gasteiger partial charge is 0 e. The molecule has 0 aliphatic heterocycles. The van der Waals surface area contributed by atoms with Crippen molar-refractivity contribution in [3.05, 3.63) is 56.4 Å². The first-order valence-electron chi connectivity index (χ1n) is 4.95. The van der Waals surface area contributed by atoms with E-state index in [1.807, 2.05) is 12.2 Å². The molecule has 1 aliphatic rings. The fourth-order valence-corrected chi connectivity index (χ4v) is 1.23. The molecule has 0 spiro atoms. The van der Waals surface area contributed by atoms with Crippen LogP contribution in [0.1, 0.15) is 25.7 Å².